The predicted molar refractivity (Wildman–Crippen MR) is 91.1 cm³/mol. The average molecular weight is 321 g/mol. The summed E-state index contributed by atoms with van der Waals surface area (Å²) in [4.78, 5) is 4.36. The number of phenols is 1. The van der Waals surface area contributed by atoms with Crippen molar-refractivity contribution in [2.45, 2.75) is 0 Å². The number of hydrazone groups is 1. The van der Waals surface area contributed by atoms with Gasteiger partial charge in [-0.15, -0.1) is 5.10 Å². The molecule has 1 aromatic heterocycles. The Hall–Kier alpha value is -3.48. The lowest BCUT2D eigenvalue weighted by atomic mass is 10.1. The van der Waals surface area contributed by atoms with Gasteiger partial charge in [0.1, 0.15) is 11.5 Å². The summed E-state index contributed by atoms with van der Waals surface area (Å²) >= 11 is 0. The molecule has 0 bridgehead atoms. The summed E-state index contributed by atoms with van der Waals surface area (Å²) in [7, 11) is 1.62. The second kappa shape index (κ2) is 7.19. The SMILES string of the molecule is COc1ccc(-c2cnnc(NN=Cc3ccc(O)cc3)n2)cc1. The molecule has 0 aliphatic carbocycles. The van der Waals surface area contributed by atoms with E-state index >= 15 is 0 Å². The summed E-state index contributed by atoms with van der Waals surface area (Å²) in [6.45, 7) is 0. The summed E-state index contributed by atoms with van der Waals surface area (Å²) in [6, 6.07) is 14.2. The molecule has 120 valence electrons. The van der Waals surface area contributed by atoms with Crippen molar-refractivity contribution in [1.82, 2.24) is 15.2 Å². The molecule has 0 spiro atoms. The van der Waals surface area contributed by atoms with Gasteiger partial charge in [0.2, 0.25) is 0 Å². The largest absolute Gasteiger partial charge is 0.508 e. The number of ether oxygens (including phenoxy) is 1. The quantitative estimate of drug-likeness (QED) is 0.554. The Morgan fingerprint density at radius 1 is 1.08 bits per heavy atom. The fourth-order valence-corrected chi connectivity index (χ4v) is 1.98. The van der Waals surface area contributed by atoms with E-state index in [0.717, 1.165) is 16.9 Å². The Morgan fingerprint density at radius 2 is 1.83 bits per heavy atom. The lowest BCUT2D eigenvalue weighted by molar-refractivity contribution is 0.415. The Balaban J connectivity index is 1.71. The summed E-state index contributed by atoms with van der Waals surface area (Å²) in [5.74, 6) is 1.27. The Bertz CT molecular complexity index is 832. The van der Waals surface area contributed by atoms with Crippen LogP contribution in [-0.2, 0) is 0 Å². The van der Waals surface area contributed by atoms with Crippen LogP contribution < -0.4 is 10.2 Å². The highest BCUT2D eigenvalue weighted by molar-refractivity contribution is 5.80. The molecule has 7 nitrogen and oxygen atoms in total. The molecule has 0 saturated carbocycles. The minimum Gasteiger partial charge on any atom is -0.508 e. The maximum absolute atomic E-state index is 9.24. The second-order valence-corrected chi connectivity index (χ2v) is 4.86. The van der Waals surface area contributed by atoms with Gasteiger partial charge in [0.05, 0.1) is 25.2 Å². The Morgan fingerprint density at radius 3 is 2.54 bits per heavy atom. The number of hydrogen-bond donors (Lipinski definition) is 2. The highest BCUT2D eigenvalue weighted by Gasteiger charge is 2.03. The third kappa shape index (κ3) is 3.83. The van der Waals surface area contributed by atoms with Gasteiger partial charge in [0.15, 0.2) is 0 Å². The van der Waals surface area contributed by atoms with Gasteiger partial charge in [0.25, 0.3) is 5.95 Å². The molecular formula is C17H15N5O2. The number of phenolic OH excluding ortho intramolecular Hbond substituents is 1. The number of aromatic nitrogens is 3. The Labute approximate surface area is 138 Å². The summed E-state index contributed by atoms with van der Waals surface area (Å²) in [5, 5.41) is 21.1. The van der Waals surface area contributed by atoms with Crippen LogP contribution in [0.3, 0.4) is 0 Å². The lowest BCUT2D eigenvalue weighted by Gasteiger charge is -2.04. The number of hydrogen-bond acceptors (Lipinski definition) is 7. The number of aromatic hydroxyl groups is 1. The van der Waals surface area contributed by atoms with Gasteiger partial charge >= 0.3 is 0 Å². The van der Waals surface area contributed by atoms with Gasteiger partial charge in [-0.05, 0) is 54.1 Å². The third-order valence-corrected chi connectivity index (χ3v) is 3.22. The van der Waals surface area contributed by atoms with Crippen molar-refractivity contribution in [3.8, 4) is 22.8 Å². The molecule has 0 aliphatic rings. The minimum absolute atomic E-state index is 0.208. The summed E-state index contributed by atoms with van der Waals surface area (Å²) < 4.78 is 5.14. The topological polar surface area (TPSA) is 92.5 Å². The molecule has 7 heteroatoms. The Kier molecular flexibility index (Phi) is 4.62. The van der Waals surface area contributed by atoms with Gasteiger partial charge in [-0.25, -0.2) is 10.4 Å². The molecule has 3 rings (SSSR count). The molecule has 2 aromatic carbocycles. The molecule has 24 heavy (non-hydrogen) atoms. The lowest BCUT2D eigenvalue weighted by Crippen LogP contribution is -2.00. The molecule has 3 aromatic rings. The number of methoxy groups -OCH3 is 1. The number of anilines is 1. The van der Waals surface area contributed by atoms with Gasteiger partial charge in [0, 0.05) is 5.56 Å². The van der Waals surface area contributed by atoms with E-state index in [1.807, 2.05) is 24.3 Å². The molecule has 1 heterocycles. The van der Waals surface area contributed by atoms with Crippen LogP contribution in [0.2, 0.25) is 0 Å². The summed E-state index contributed by atoms with van der Waals surface area (Å²) in [5.41, 5.74) is 5.15. The third-order valence-electron chi connectivity index (χ3n) is 3.22. The van der Waals surface area contributed by atoms with Crippen LogP contribution in [0.4, 0.5) is 5.95 Å². The molecule has 0 radical (unpaired) electrons. The van der Waals surface area contributed by atoms with Gasteiger partial charge < -0.3 is 9.84 Å². The van der Waals surface area contributed by atoms with Gasteiger partial charge in [-0.3, -0.25) is 0 Å². The van der Waals surface area contributed by atoms with E-state index in [1.165, 1.54) is 0 Å². The number of benzene rings is 2. The van der Waals surface area contributed by atoms with E-state index in [0.29, 0.717) is 11.6 Å². The van der Waals surface area contributed by atoms with Crippen LogP contribution in [0.15, 0.2) is 59.8 Å². The first-order chi connectivity index (χ1) is 11.7. The molecule has 0 aliphatic heterocycles. The zero-order valence-electron chi connectivity index (χ0n) is 12.9. The maximum atomic E-state index is 9.24. The van der Waals surface area contributed by atoms with Crippen molar-refractivity contribution in [2.24, 2.45) is 5.10 Å². The molecule has 0 amide bonds. The van der Waals surface area contributed by atoms with Crippen molar-refractivity contribution < 1.29 is 9.84 Å². The van der Waals surface area contributed by atoms with Crippen LogP contribution >= 0.6 is 0 Å². The van der Waals surface area contributed by atoms with Crippen molar-refractivity contribution in [2.75, 3.05) is 12.5 Å². The fraction of sp³-hybridized carbons (Fsp3) is 0.0588. The fourth-order valence-electron chi connectivity index (χ4n) is 1.98. The van der Waals surface area contributed by atoms with Crippen LogP contribution in [0.5, 0.6) is 11.5 Å². The molecule has 0 atom stereocenters. The van der Waals surface area contributed by atoms with Crippen LogP contribution in [0.1, 0.15) is 5.56 Å². The first-order valence-electron chi connectivity index (χ1n) is 7.17. The molecule has 0 fully saturated rings. The van der Waals surface area contributed by atoms with Crippen LogP contribution in [-0.4, -0.2) is 33.6 Å². The highest BCUT2D eigenvalue weighted by Crippen LogP contribution is 2.20. The zero-order valence-corrected chi connectivity index (χ0v) is 12.9. The van der Waals surface area contributed by atoms with Crippen molar-refractivity contribution in [1.29, 1.82) is 0 Å². The number of nitrogens with one attached hydrogen (secondary N) is 1. The first-order valence-corrected chi connectivity index (χ1v) is 7.17. The standard InChI is InChI=1S/C17H15N5O2/c1-24-15-8-4-13(5-9-15)16-11-19-22-17(20-16)21-18-10-12-2-6-14(23)7-3-12/h2-11,23H,1H3,(H,20,21,22). The number of nitrogens with zero attached hydrogens (tertiary/aromatic N) is 4. The van der Waals surface area contributed by atoms with E-state index in [1.54, 1.807) is 43.8 Å². The van der Waals surface area contributed by atoms with Gasteiger partial charge in [-0.1, -0.05) is 0 Å². The van der Waals surface area contributed by atoms with Gasteiger partial charge in [-0.2, -0.15) is 10.2 Å². The van der Waals surface area contributed by atoms with E-state index in [9.17, 15) is 5.11 Å². The normalized spacial score (nSPS) is 10.7. The average Bonchev–Trinajstić information content (AvgIpc) is 2.64. The summed E-state index contributed by atoms with van der Waals surface area (Å²) in [6.07, 6.45) is 3.18. The van der Waals surface area contributed by atoms with Crippen LogP contribution in [0.25, 0.3) is 11.3 Å². The molecule has 0 saturated heterocycles. The highest BCUT2D eigenvalue weighted by atomic mass is 16.5. The zero-order chi connectivity index (χ0) is 16.8. The van der Waals surface area contributed by atoms with Crippen LogP contribution in [0, 0.1) is 0 Å². The van der Waals surface area contributed by atoms with Crippen molar-refractivity contribution >= 4 is 12.2 Å². The molecule has 0 unspecified atom stereocenters. The minimum atomic E-state index is 0.208. The van der Waals surface area contributed by atoms with E-state index in [-0.39, 0.29) is 5.75 Å². The molecular weight excluding hydrogens is 306 g/mol. The maximum Gasteiger partial charge on any atom is 0.263 e. The smallest absolute Gasteiger partial charge is 0.263 e. The predicted octanol–water partition coefficient (Wildman–Crippen LogP) is 2.70. The second-order valence-electron chi connectivity index (χ2n) is 4.86. The first kappa shape index (κ1) is 15.4. The van der Waals surface area contributed by atoms with Crippen molar-refractivity contribution in [3.63, 3.8) is 0 Å². The molecule has 2 N–H and O–H groups in total. The van der Waals surface area contributed by atoms with E-state index < -0.39 is 0 Å². The van der Waals surface area contributed by atoms with Crippen molar-refractivity contribution in [3.05, 3.63) is 60.3 Å². The number of rotatable bonds is 5. The monoisotopic (exact) mass is 321 g/mol. The van der Waals surface area contributed by atoms with E-state index in [2.05, 4.69) is 25.7 Å². The van der Waals surface area contributed by atoms with E-state index in [4.69, 9.17) is 4.74 Å².